The number of carbonyl (C=O) groups is 1. The lowest BCUT2D eigenvalue weighted by atomic mass is 9.56. The smallest absolute Gasteiger partial charge is 0.119 e. The molecule has 1 nitrogen and oxygen atoms in total. The minimum absolute atomic E-state index is 0.582. The van der Waals surface area contributed by atoms with E-state index < -0.39 is 0 Å². The maximum Gasteiger partial charge on any atom is 0.119 e. The monoisotopic (exact) mass is 346 g/mol. The van der Waals surface area contributed by atoms with Gasteiger partial charge in [0.05, 0.1) is 0 Å². The molecule has 0 amide bonds. The molecule has 0 spiro atoms. The van der Waals surface area contributed by atoms with Crippen LogP contribution in [0.3, 0.4) is 0 Å². The van der Waals surface area contributed by atoms with Gasteiger partial charge in [0.2, 0.25) is 0 Å². The van der Waals surface area contributed by atoms with E-state index in [2.05, 4.69) is 20.8 Å². The predicted molar refractivity (Wildman–Crippen MR) is 106 cm³/mol. The zero-order chi connectivity index (χ0) is 17.9. The molecule has 3 fully saturated rings. The number of hydrogen-bond donors (Lipinski definition) is 0. The van der Waals surface area contributed by atoms with E-state index in [0.717, 1.165) is 54.6 Å². The van der Waals surface area contributed by atoms with Gasteiger partial charge in [0.1, 0.15) is 6.29 Å². The van der Waals surface area contributed by atoms with Crippen molar-refractivity contribution >= 4 is 6.29 Å². The van der Waals surface area contributed by atoms with Crippen molar-refractivity contribution in [3.63, 3.8) is 0 Å². The fraction of sp³-hybridized carbons (Fsp3) is 0.958. The second kappa shape index (κ2) is 8.57. The quantitative estimate of drug-likeness (QED) is 0.357. The molecule has 7 unspecified atom stereocenters. The van der Waals surface area contributed by atoms with E-state index in [1.165, 1.54) is 70.6 Å². The van der Waals surface area contributed by atoms with E-state index in [4.69, 9.17) is 0 Å². The molecule has 0 aromatic heterocycles. The summed E-state index contributed by atoms with van der Waals surface area (Å²) in [5.41, 5.74) is 0.582. The van der Waals surface area contributed by atoms with Gasteiger partial charge in [-0.1, -0.05) is 46.5 Å². The summed E-state index contributed by atoms with van der Waals surface area (Å²) < 4.78 is 0. The second-order valence-electron chi connectivity index (χ2n) is 10.3. The first-order chi connectivity index (χ1) is 12.1. The van der Waals surface area contributed by atoms with Gasteiger partial charge < -0.3 is 4.79 Å². The Hall–Kier alpha value is -0.330. The van der Waals surface area contributed by atoms with Crippen LogP contribution in [0.2, 0.25) is 0 Å². The molecule has 0 bridgehead atoms. The standard InChI is InChI=1S/C24H42O/c1-18-8-4-5-9-20(18)11-13-22-19(2)15-16-24(3)21(10-6-7-17-25)12-14-23(22)24/h17-23H,4-16H2,1-3H3. The van der Waals surface area contributed by atoms with Crippen LogP contribution in [-0.4, -0.2) is 6.29 Å². The highest BCUT2D eigenvalue weighted by molar-refractivity contribution is 5.48. The molecule has 0 radical (unpaired) electrons. The molecule has 0 N–H and O–H groups in total. The van der Waals surface area contributed by atoms with Gasteiger partial charge in [-0.2, -0.15) is 0 Å². The van der Waals surface area contributed by atoms with Crippen LogP contribution >= 0.6 is 0 Å². The van der Waals surface area contributed by atoms with Crippen molar-refractivity contribution in [3.8, 4) is 0 Å². The topological polar surface area (TPSA) is 17.1 Å². The molecule has 0 aliphatic heterocycles. The Bertz CT molecular complexity index is 430. The third-order valence-electron chi connectivity index (χ3n) is 9.03. The van der Waals surface area contributed by atoms with Gasteiger partial charge in [-0.25, -0.2) is 0 Å². The lowest BCUT2D eigenvalue weighted by molar-refractivity contribution is -0.108. The lowest BCUT2D eigenvalue weighted by Crippen LogP contribution is -2.41. The molecule has 0 aromatic carbocycles. The minimum atomic E-state index is 0.582. The molecule has 0 aromatic rings. The fourth-order valence-electron chi connectivity index (χ4n) is 7.22. The SMILES string of the molecule is CC1CCCCC1CCC1C(C)CCC2(C)C(CCCC=O)CCC12. The molecule has 3 rings (SSSR count). The Balaban J connectivity index is 1.60. The zero-order valence-electron chi connectivity index (χ0n) is 17.1. The normalized spacial score (nSPS) is 44.4. The highest BCUT2D eigenvalue weighted by Gasteiger charge is 2.52. The molecule has 3 aliphatic rings. The molecule has 3 saturated carbocycles. The van der Waals surface area contributed by atoms with E-state index in [1.54, 1.807) is 0 Å². The van der Waals surface area contributed by atoms with Crippen molar-refractivity contribution in [3.05, 3.63) is 0 Å². The van der Waals surface area contributed by atoms with Crippen LogP contribution in [0.4, 0.5) is 0 Å². The fourth-order valence-corrected chi connectivity index (χ4v) is 7.22. The Morgan fingerprint density at radius 2 is 1.72 bits per heavy atom. The van der Waals surface area contributed by atoms with Gasteiger partial charge in [0, 0.05) is 6.42 Å². The molecule has 3 aliphatic carbocycles. The predicted octanol–water partition coefficient (Wildman–Crippen LogP) is 7.04. The van der Waals surface area contributed by atoms with E-state index in [0.29, 0.717) is 5.41 Å². The minimum Gasteiger partial charge on any atom is -0.303 e. The summed E-state index contributed by atoms with van der Waals surface area (Å²) >= 11 is 0. The molecule has 144 valence electrons. The number of unbranched alkanes of at least 4 members (excludes halogenated alkanes) is 1. The summed E-state index contributed by atoms with van der Waals surface area (Å²) in [5, 5.41) is 0. The lowest BCUT2D eigenvalue weighted by Gasteiger charge is -2.49. The third-order valence-corrected chi connectivity index (χ3v) is 9.03. The van der Waals surface area contributed by atoms with Crippen LogP contribution in [0.5, 0.6) is 0 Å². The summed E-state index contributed by atoms with van der Waals surface area (Å²) in [5.74, 6) is 5.75. The number of fused-ring (bicyclic) bond motifs is 1. The third kappa shape index (κ3) is 4.16. The van der Waals surface area contributed by atoms with E-state index in [9.17, 15) is 4.79 Å². The van der Waals surface area contributed by atoms with E-state index in [1.807, 2.05) is 0 Å². The summed E-state index contributed by atoms with van der Waals surface area (Å²) in [4.78, 5) is 10.7. The summed E-state index contributed by atoms with van der Waals surface area (Å²) in [6.07, 6.45) is 19.0. The van der Waals surface area contributed by atoms with Gasteiger partial charge in [-0.15, -0.1) is 0 Å². The van der Waals surface area contributed by atoms with Crippen molar-refractivity contribution in [2.45, 2.75) is 104 Å². The Morgan fingerprint density at radius 3 is 2.48 bits per heavy atom. The number of carbonyl (C=O) groups excluding carboxylic acids is 1. The molecular formula is C24H42O. The van der Waals surface area contributed by atoms with Gasteiger partial charge in [-0.05, 0) is 92.3 Å². The van der Waals surface area contributed by atoms with Crippen molar-refractivity contribution in [2.24, 2.45) is 40.9 Å². The van der Waals surface area contributed by atoms with Gasteiger partial charge in [0.15, 0.2) is 0 Å². The van der Waals surface area contributed by atoms with Crippen LogP contribution in [0, 0.1) is 40.9 Å². The largest absolute Gasteiger partial charge is 0.303 e. The maximum absolute atomic E-state index is 10.7. The number of aldehydes is 1. The molecular weight excluding hydrogens is 304 g/mol. The highest BCUT2D eigenvalue weighted by Crippen LogP contribution is 2.61. The van der Waals surface area contributed by atoms with Crippen LogP contribution in [0.25, 0.3) is 0 Å². The Kier molecular flexibility index (Phi) is 6.66. The molecule has 7 atom stereocenters. The first-order valence-corrected chi connectivity index (χ1v) is 11.5. The average Bonchev–Trinajstić information content (AvgIpc) is 2.93. The van der Waals surface area contributed by atoms with Crippen LogP contribution in [0.15, 0.2) is 0 Å². The van der Waals surface area contributed by atoms with Gasteiger partial charge in [0.25, 0.3) is 0 Å². The summed E-state index contributed by atoms with van der Waals surface area (Å²) in [7, 11) is 0. The molecule has 1 heteroatoms. The van der Waals surface area contributed by atoms with E-state index >= 15 is 0 Å². The van der Waals surface area contributed by atoms with Gasteiger partial charge >= 0.3 is 0 Å². The zero-order valence-corrected chi connectivity index (χ0v) is 17.1. The summed E-state index contributed by atoms with van der Waals surface area (Å²) in [6, 6.07) is 0. The second-order valence-corrected chi connectivity index (χ2v) is 10.3. The first kappa shape index (κ1) is 19.4. The molecule has 0 heterocycles. The van der Waals surface area contributed by atoms with Crippen molar-refractivity contribution in [2.75, 3.05) is 0 Å². The molecule has 25 heavy (non-hydrogen) atoms. The van der Waals surface area contributed by atoms with E-state index in [-0.39, 0.29) is 0 Å². The maximum atomic E-state index is 10.7. The van der Waals surface area contributed by atoms with Crippen LogP contribution in [-0.2, 0) is 4.79 Å². The van der Waals surface area contributed by atoms with Crippen LogP contribution < -0.4 is 0 Å². The highest BCUT2D eigenvalue weighted by atomic mass is 16.1. The average molecular weight is 347 g/mol. The van der Waals surface area contributed by atoms with Crippen molar-refractivity contribution in [1.29, 1.82) is 0 Å². The number of rotatable bonds is 7. The molecule has 0 saturated heterocycles. The van der Waals surface area contributed by atoms with Gasteiger partial charge in [-0.3, -0.25) is 0 Å². The van der Waals surface area contributed by atoms with Crippen LogP contribution in [0.1, 0.15) is 104 Å². The summed E-state index contributed by atoms with van der Waals surface area (Å²) in [6.45, 7) is 7.68. The first-order valence-electron chi connectivity index (χ1n) is 11.5. The van der Waals surface area contributed by atoms with Crippen molar-refractivity contribution < 1.29 is 4.79 Å². The van der Waals surface area contributed by atoms with Crippen molar-refractivity contribution in [1.82, 2.24) is 0 Å². The Morgan fingerprint density at radius 1 is 0.920 bits per heavy atom. The number of hydrogen-bond acceptors (Lipinski definition) is 1. The Labute approximate surface area is 156 Å².